The first kappa shape index (κ1) is 12.7. The highest BCUT2D eigenvalue weighted by Gasteiger charge is 2.14. The van der Waals surface area contributed by atoms with Crippen molar-refractivity contribution in [1.82, 2.24) is 5.32 Å². The lowest BCUT2D eigenvalue weighted by molar-refractivity contribution is -0.104. The second-order valence-corrected chi connectivity index (χ2v) is 3.78. The van der Waals surface area contributed by atoms with Gasteiger partial charge >= 0.3 is 6.09 Å². The minimum atomic E-state index is -0.470. The average molecular weight is 199 g/mol. The Bertz CT molecular complexity index is 216. The summed E-state index contributed by atoms with van der Waals surface area (Å²) in [5, 5.41) is 2.57. The number of carbonyl (C=O) groups is 2. The van der Waals surface area contributed by atoms with Crippen molar-refractivity contribution in [3.8, 4) is 0 Å². The number of hydrogen-bond acceptors (Lipinski definition) is 3. The van der Waals surface area contributed by atoms with E-state index in [1.807, 2.05) is 0 Å². The summed E-state index contributed by atoms with van der Waals surface area (Å²) in [4.78, 5) is 21.0. The van der Waals surface area contributed by atoms with E-state index < -0.39 is 11.7 Å². The SMILES string of the molecule is CC(C)(C)OC(=O)NCC/C=C/C=O. The Labute approximate surface area is 84.3 Å². The summed E-state index contributed by atoms with van der Waals surface area (Å²) in [6, 6.07) is 0. The molecule has 4 heteroatoms. The molecule has 1 amide bonds. The van der Waals surface area contributed by atoms with Gasteiger partial charge in [0.2, 0.25) is 0 Å². The second-order valence-electron chi connectivity index (χ2n) is 3.78. The number of ether oxygens (including phenoxy) is 1. The van der Waals surface area contributed by atoms with Crippen LogP contribution in [0.4, 0.5) is 4.79 Å². The van der Waals surface area contributed by atoms with Gasteiger partial charge in [-0.25, -0.2) is 4.79 Å². The van der Waals surface area contributed by atoms with Gasteiger partial charge in [-0.2, -0.15) is 0 Å². The van der Waals surface area contributed by atoms with Crippen LogP contribution in [-0.4, -0.2) is 24.5 Å². The molecule has 80 valence electrons. The highest BCUT2D eigenvalue weighted by molar-refractivity contribution is 5.67. The van der Waals surface area contributed by atoms with Gasteiger partial charge in [-0.15, -0.1) is 0 Å². The third kappa shape index (κ3) is 8.77. The molecule has 0 rings (SSSR count). The van der Waals surface area contributed by atoms with E-state index >= 15 is 0 Å². The van der Waals surface area contributed by atoms with Gasteiger partial charge in [0.05, 0.1) is 0 Å². The minimum Gasteiger partial charge on any atom is -0.444 e. The van der Waals surface area contributed by atoms with E-state index in [-0.39, 0.29) is 0 Å². The van der Waals surface area contributed by atoms with Gasteiger partial charge in [0.1, 0.15) is 11.9 Å². The van der Waals surface area contributed by atoms with Crippen molar-refractivity contribution >= 4 is 12.4 Å². The lowest BCUT2D eigenvalue weighted by atomic mass is 10.2. The Hall–Kier alpha value is -1.32. The molecule has 0 aromatic rings. The van der Waals surface area contributed by atoms with Gasteiger partial charge in [0.15, 0.2) is 0 Å². The zero-order chi connectivity index (χ0) is 11.0. The number of alkyl carbamates (subject to hydrolysis) is 1. The first-order valence-electron chi connectivity index (χ1n) is 4.53. The lowest BCUT2D eigenvalue weighted by Crippen LogP contribution is -2.32. The molecule has 0 aliphatic carbocycles. The van der Waals surface area contributed by atoms with Crippen LogP contribution >= 0.6 is 0 Å². The fraction of sp³-hybridized carbons (Fsp3) is 0.600. The number of nitrogens with one attached hydrogen (secondary N) is 1. The summed E-state index contributed by atoms with van der Waals surface area (Å²) in [6.07, 6.45) is 3.98. The van der Waals surface area contributed by atoms with Crippen molar-refractivity contribution in [2.24, 2.45) is 0 Å². The number of rotatable bonds is 4. The molecule has 0 spiro atoms. The zero-order valence-corrected chi connectivity index (χ0v) is 8.87. The highest BCUT2D eigenvalue weighted by atomic mass is 16.6. The topological polar surface area (TPSA) is 55.4 Å². The summed E-state index contributed by atoms with van der Waals surface area (Å²) in [7, 11) is 0. The van der Waals surface area contributed by atoms with Gasteiger partial charge in [0.25, 0.3) is 0 Å². The van der Waals surface area contributed by atoms with Crippen LogP contribution in [0.15, 0.2) is 12.2 Å². The number of hydrogen-bond donors (Lipinski definition) is 1. The number of carbonyl (C=O) groups excluding carboxylic acids is 2. The maximum absolute atomic E-state index is 11.1. The van der Waals surface area contributed by atoms with Crippen molar-refractivity contribution in [3.05, 3.63) is 12.2 Å². The Morgan fingerprint density at radius 1 is 1.43 bits per heavy atom. The third-order valence-electron chi connectivity index (χ3n) is 1.19. The van der Waals surface area contributed by atoms with Crippen LogP contribution in [0.1, 0.15) is 27.2 Å². The molecule has 0 heterocycles. The van der Waals surface area contributed by atoms with Crippen LogP contribution in [-0.2, 0) is 9.53 Å². The predicted octanol–water partition coefficient (Wildman–Crippen LogP) is 1.66. The van der Waals surface area contributed by atoms with Gasteiger partial charge < -0.3 is 10.1 Å². The standard InChI is InChI=1S/C10H17NO3/c1-10(2,3)14-9(13)11-7-5-4-6-8-12/h4,6,8H,5,7H2,1-3H3,(H,11,13)/b6-4+. The van der Waals surface area contributed by atoms with E-state index in [0.29, 0.717) is 19.3 Å². The minimum absolute atomic E-state index is 0.433. The summed E-state index contributed by atoms with van der Waals surface area (Å²) in [5.74, 6) is 0. The van der Waals surface area contributed by atoms with Crippen LogP contribution < -0.4 is 5.32 Å². The Morgan fingerprint density at radius 3 is 2.57 bits per heavy atom. The molecule has 4 nitrogen and oxygen atoms in total. The van der Waals surface area contributed by atoms with Gasteiger partial charge in [-0.05, 0) is 33.3 Å². The van der Waals surface area contributed by atoms with Crippen molar-refractivity contribution in [2.75, 3.05) is 6.54 Å². The quantitative estimate of drug-likeness (QED) is 0.425. The molecule has 1 N–H and O–H groups in total. The van der Waals surface area contributed by atoms with Crippen LogP contribution in [0.25, 0.3) is 0 Å². The van der Waals surface area contributed by atoms with Crippen molar-refractivity contribution in [1.29, 1.82) is 0 Å². The van der Waals surface area contributed by atoms with Crippen LogP contribution in [0.3, 0.4) is 0 Å². The largest absolute Gasteiger partial charge is 0.444 e. The van der Waals surface area contributed by atoms with Crippen LogP contribution in [0.2, 0.25) is 0 Å². The fourth-order valence-electron chi connectivity index (χ4n) is 0.724. The maximum Gasteiger partial charge on any atom is 0.407 e. The summed E-state index contributed by atoms with van der Waals surface area (Å²) in [6.45, 7) is 5.88. The van der Waals surface area contributed by atoms with E-state index in [1.54, 1.807) is 26.8 Å². The molecule has 14 heavy (non-hydrogen) atoms. The van der Waals surface area contributed by atoms with E-state index in [0.717, 1.165) is 0 Å². The lowest BCUT2D eigenvalue weighted by Gasteiger charge is -2.19. The molecular formula is C10H17NO3. The zero-order valence-electron chi connectivity index (χ0n) is 8.87. The molecule has 0 aromatic carbocycles. The van der Waals surface area contributed by atoms with E-state index in [9.17, 15) is 9.59 Å². The molecule has 0 aliphatic rings. The van der Waals surface area contributed by atoms with Crippen molar-refractivity contribution in [3.63, 3.8) is 0 Å². The number of amides is 1. The molecule has 0 aromatic heterocycles. The molecule has 0 atom stereocenters. The van der Waals surface area contributed by atoms with Gasteiger partial charge in [-0.3, -0.25) is 4.79 Å². The monoisotopic (exact) mass is 199 g/mol. The predicted molar refractivity (Wildman–Crippen MR) is 54.1 cm³/mol. The Morgan fingerprint density at radius 2 is 2.07 bits per heavy atom. The van der Waals surface area contributed by atoms with Crippen molar-refractivity contribution < 1.29 is 14.3 Å². The van der Waals surface area contributed by atoms with E-state index in [2.05, 4.69) is 5.32 Å². The number of allylic oxidation sites excluding steroid dienone is 1. The van der Waals surface area contributed by atoms with Crippen LogP contribution in [0, 0.1) is 0 Å². The average Bonchev–Trinajstić information content (AvgIpc) is 2.00. The highest BCUT2D eigenvalue weighted by Crippen LogP contribution is 2.06. The molecular weight excluding hydrogens is 182 g/mol. The third-order valence-corrected chi connectivity index (χ3v) is 1.19. The van der Waals surface area contributed by atoms with E-state index in [4.69, 9.17) is 4.74 Å². The smallest absolute Gasteiger partial charge is 0.407 e. The Kier molecular flexibility index (Phi) is 5.60. The molecule has 0 saturated heterocycles. The first-order valence-corrected chi connectivity index (χ1v) is 4.53. The summed E-state index contributed by atoms with van der Waals surface area (Å²) < 4.78 is 5.00. The van der Waals surface area contributed by atoms with Gasteiger partial charge in [-0.1, -0.05) is 6.08 Å². The fourth-order valence-corrected chi connectivity index (χ4v) is 0.724. The molecule has 0 bridgehead atoms. The summed E-state index contributed by atoms with van der Waals surface area (Å²) in [5.41, 5.74) is -0.470. The Balaban J connectivity index is 3.55. The molecule has 0 unspecified atom stereocenters. The molecule has 0 saturated carbocycles. The number of aldehydes is 1. The first-order chi connectivity index (χ1) is 6.45. The van der Waals surface area contributed by atoms with E-state index in [1.165, 1.54) is 6.08 Å². The van der Waals surface area contributed by atoms with Crippen LogP contribution in [0.5, 0.6) is 0 Å². The summed E-state index contributed by atoms with van der Waals surface area (Å²) >= 11 is 0. The normalized spacial score (nSPS) is 11.4. The van der Waals surface area contributed by atoms with Gasteiger partial charge in [0, 0.05) is 6.54 Å². The maximum atomic E-state index is 11.1. The molecule has 0 aliphatic heterocycles. The molecule has 0 radical (unpaired) electrons. The van der Waals surface area contributed by atoms with Crippen molar-refractivity contribution in [2.45, 2.75) is 32.8 Å². The second kappa shape index (κ2) is 6.18. The molecule has 0 fully saturated rings.